The lowest BCUT2D eigenvalue weighted by Gasteiger charge is -2.31. The molecule has 1 fully saturated rings. The highest BCUT2D eigenvalue weighted by molar-refractivity contribution is 5.33. The summed E-state index contributed by atoms with van der Waals surface area (Å²) in [5.41, 5.74) is 1.57. The average molecular weight is 262 g/mol. The van der Waals surface area contributed by atoms with E-state index in [0.29, 0.717) is 5.54 Å². The molecule has 1 aliphatic rings. The molecule has 0 saturated carbocycles. The van der Waals surface area contributed by atoms with Crippen molar-refractivity contribution < 1.29 is 4.74 Å². The van der Waals surface area contributed by atoms with Crippen LogP contribution in [0.2, 0.25) is 0 Å². The molecule has 1 N–H and O–H groups in total. The molecule has 3 nitrogen and oxygen atoms in total. The highest BCUT2D eigenvalue weighted by Crippen LogP contribution is 2.27. The van der Waals surface area contributed by atoms with E-state index < -0.39 is 0 Å². The summed E-state index contributed by atoms with van der Waals surface area (Å²) in [6.45, 7) is 8.49. The van der Waals surface area contributed by atoms with Crippen molar-refractivity contribution in [3.05, 3.63) is 29.8 Å². The van der Waals surface area contributed by atoms with Gasteiger partial charge >= 0.3 is 0 Å². The van der Waals surface area contributed by atoms with Crippen molar-refractivity contribution in [3.63, 3.8) is 0 Å². The molecule has 3 heteroatoms. The van der Waals surface area contributed by atoms with Gasteiger partial charge < -0.3 is 10.1 Å². The van der Waals surface area contributed by atoms with Gasteiger partial charge in [-0.3, -0.25) is 4.90 Å². The molecule has 19 heavy (non-hydrogen) atoms. The van der Waals surface area contributed by atoms with Crippen molar-refractivity contribution in [3.8, 4) is 5.75 Å². The van der Waals surface area contributed by atoms with E-state index in [9.17, 15) is 0 Å². The highest BCUT2D eigenvalue weighted by Gasteiger charge is 2.31. The molecule has 106 valence electrons. The Balaban J connectivity index is 1.86. The van der Waals surface area contributed by atoms with Crippen LogP contribution in [0.5, 0.6) is 5.75 Å². The number of hydrogen-bond donors (Lipinski definition) is 1. The van der Waals surface area contributed by atoms with Gasteiger partial charge in [0, 0.05) is 24.2 Å². The van der Waals surface area contributed by atoms with Gasteiger partial charge in [-0.05, 0) is 46.3 Å². The molecule has 0 unspecified atom stereocenters. The highest BCUT2D eigenvalue weighted by atomic mass is 16.5. The minimum absolute atomic E-state index is 0.341. The summed E-state index contributed by atoms with van der Waals surface area (Å²) in [4.78, 5) is 2.54. The summed E-state index contributed by atoms with van der Waals surface area (Å²) in [5, 5.41) is 3.18. The van der Waals surface area contributed by atoms with Crippen LogP contribution in [0.3, 0.4) is 0 Å². The van der Waals surface area contributed by atoms with Gasteiger partial charge in [0.1, 0.15) is 12.4 Å². The maximum Gasteiger partial charge on any atom is 0.123 e. The predicted octanol–water partition coefficient (Wildman–Crippen LogP) is 2.66. The second-order valence-electron chi connectivity index (χ2n) is 5.89. The van der Waals surface area contributed by atoms with Crippen LogP contribution in [0.15, 0.2) is 24.3 Å². The summed E-state index contributed by atoms with van der Waals surface area (Å²) in [6.07, 6.45) is 2.60. The third-order valence-electron chi connectivity index (χ3n) is 4.03. The fraction of sp³-hybridized carbons (Fsp3) is 0.625. The van der Waals surface area contributed by atoms with Gasteiger partial charge in [0.15, 0.2) is 0 Å². The fourth-order valence-electron chi connectivity index (χ4n) is 2.82. The van der Waals surface area contributed by atoms with Crippen LogP contribution < -0.4 is 10.1 Å². The maximum atomic E-state index is 5.96. The van der Waals surface area contributed by atoms with Crippen molar-refractivity contribution in [2.24, 2.45) is 0 Å². The molecular formula is C16H26N2O. The number of para-hydroxylation sites is 1. The summed E-state index contributed by atoms with van der Waals surface area (Å²) >= 11 is 0. The number of rotatable bonds is 6. The normalized spacial score (nSPS) is 18.7. The third-order valence-corrected chi connectivity index (χ3v) is 4.03. The summed E-state index contributed by atoms with van der Waals surface area (Å²) in [5.74, 6) is 1.01. The standard InChI is InChI=1S/C16H26N2O/c1-16(2)9-6-10-18(16)11-12-19-15-8-5-4-7-14(15)13-17-3/h4-5,7-8,17H,6,9-13H2,1-3H3. The van der Waals surface area contributed by atoms with Gasteiger partial charge in [0.2, 0.25) is 0 Å². The van der Waals surface area contributed by atoms with Crippen molar-refractivity contribution in [1.29, 1.82) is 0 Å². The number of nitrogens with one attached hydrogen (secondary N) is 1. The summed E-state index contributed by atoms with van der Waals surface area (Å²) in [7, 11) is 1.96. The second-order valence-corrected chi connectivity index (χ2v) is 5.89. The van der Waals surface area contributed by atoms with E-state index in [0.717, 1.165) is 25.4 Å². The molecule has 0 amide bonds. The van der Waals surface area contributed by atoms with Gasteiger partial charge in [0.25, 0.3) is 0 Å². The monoisotopic (exact) mass is 262 g/mol. The fourth-order valence-corrected chi connectivity index (χ4v) is 2.82. The van der Waals surface area contributed by atoms with E-state index in [2.05, 4.69) is 42.3 Å². The van der Waals surface area contributed by atoms with E-state index in [1.165, 1.54) is 24.9 Å². The lowest BCUT2D eigenvalue weighted by atomic mass is 10.0. The van der Waals surface area contributed by atoms with Gasteiger partial charge in [-0.25, -0.2) is 0 Å². The smallest absolute Gasteiger partial charge is 0.123 e. The second kappa shape index (κ2) is 6.40. The molecule has 0 aliphatic carbocycles. The first-order valence-corrected chi connectivity index (χ1v) is 7.24. The molecule has 1 heterocycles. The van der Waals surface area contributed by atoms with Crippen LogP contribution in [-0.2, 0) is 6.54 Å². The molecule has 0 aromatic heterocycles. The first-order chi connectivity index (χ1) is 9.13. The largest absolute Gasteiger partial charge is 0.492 e. The molecule has 2 rings (SSSR count). The SMILES string of the molecule is CNCc1ccccc1OCCN1CCCC1(C)C. The predicted molar refractivity (Wildman–Crippen MR) is 79.6 cm³/mol. The number of hydrogen-bond acceptors (Lipinski definition) is 3. The van der Waals surface area contributed by atoms with Crippen molar-refractivity contribution >= 4 is 0 Å². The molecule has 1 saturated heterocycles. The Bertz CT molecular complexity index is 403. The van der Waals surface area contributed by atoms with E-state index in [1.807, 2.05) is 13.1 Å². The molecule has 1 aromatic rings. The van der Waals surface area contributed by atoms with E-state index in [-0.39, 0.29) is 0 Å². The van der Waals surface area contributed by atoms with E-state index >= 15 is 0 Å². The quantitative estimate of drug-likeness (QED) is 0.853. The van der Waals surface area contributed by atoms with Crippen LogP contribution >= 0.6 is 0 Å². The maximum absolute atomic E-state index is 5.96. The zero-order valence-electron chi connectivity index (χ0n) is 12.4. The first-order valence-electron chi connectivity index (χ1n) is 7.24. The third kappa shape index (κ3) is 3.71. The number of benzene rings is 1. The number of ether oxygens (including phenoxy) is 1. The van der Waals surface area contributed by atoms with Gasteiger partial charge in [-0.1, -0.05) is 18.2 Å². The Labute approximate surface area is 116 Å². The molecule has 1 aliphatic heterocycles. The van der Waals surface area contributed by atoms with Gasteiger partial charge in [0.05, 0.1) is 0 Å². The number of likely N-dealkylation sites (tertiary alicyclic amines) is 1. The Hall–Kier alpha value is -1.06. The van der Waals surface area contributed by atoms with Crippen molar-refractivity contribution in [2.45, 2.75) is 38.8 Å². The topological polar surface area (TPSA) is 24.5 Å². The van der Waals surface area contributed by atoms with Crippen LogP contribution in [0.25, 0.3) is 0 Å². The molecule has 0 spiro atoms. The molecular weight excluding hydrogens is 236 g/mol. The lowest BCUT2D eigenvalue weighted by Crippen LogP contribution is -2.40. The first kappa shape index (κ1) is 14.4. The molecule has 1 aromatic carbocycles. The average Bonchev–Trinajstić information content (AvgIpc) is 2.71. The van der Waals surface area contributed by atoms with Crippen LogP contribution in [0, 0.1) is 0 Å². The summed E-state index contributed by atoms with van der Waals surface area (Å²) in [6, 6.07) is 8.27. The van der Waals surface area contributed by atoms with Crippen LogP contribution in [0.4, 0.5) is 0 Å². The van der Waals surface area contributed by atoms with Crippen molar-refractivity contribution in [2.75, 3.05) is 26.7 Å². The van der Waals surface area contributed by atoms with E-state index in [1.54, 1.807) is 0 Å². The van der Waals surface area contributed by atoms with Crippen LogP contribution in [-0.4, -0.2) is 37.2 Å². The zero-order valence-corrected chi connectivity index (χ0v) is 12.4. The van der Waals surface area contributed by atoms with Gasteiger partial charge in [-0.15, -0.1) is 0 Å². The molecule has 0 bridgehead atoms. The Morgan fingerprint density at radius 1 is 1.32 bits per heavy atom. The van der Waals surface area contributed by atoms with Crippen LogP contribution in [0.1, 0.15) is 32.3 Å². The molecule has 0 atom stereocenters. The Morgan fingerprint density at radius 3 is 2.79 bits per heavy atom. The van der Waals surface area contributed by atoms with Crippen molar-refractivity contribution in [1.82, 2.24) is 10.2 Å². The zero-order chi connectivity index (χ0) is 13.7. The Morgan fingerprint density at radius 2 is 2.11 bits per heavy atom. The minimum Gasteiger partial charge on any atom is -0.492 e. The van der Waals surface area contributed by atoms with E-state index in [4.69, 9.17) is 4.74 Å². The summed E-state index contributed by atoms with van der Waals surface area (Å²) < 4.78 is 5.96. The van der Waals surface area contributed by atoms with Gasteiger partial charge in [-0.2, -0.15) is 0 Å². The Kier molecular flexibility index (Phi) is 4.83. The molecule has 0 radical (unpaired) electrons. The number of nitrogens with zero attached hydrogens (tertiary/aromatic N) is 1. The minimum atomic E-state index is 0.341. The lowest BCUT2D eigenvalue weighted by molar-refractivity contribution is 0.143.